The van der Waals surface area contributed by atoms with E-state index in [9.17, 15) is 4.79 Å². The van der Waals surface area contributed by atoms with Gasteiger partial charge in [0, 0.05) is 12.3 Å². The Morgan fingerprint density at radius 1 is 1.58 bits per heavy atom. The maximum atomic E-state index is 11.4. The van der Waals surface area contributed by atoms with Crippen LogP contribution in [0.2, 0.25) is 0 Å². The number of nitrogens with one attached hydrogen (secondary N) is 1. The highest BCUT2D eigenvalue weighted by molar-refractivity contribution is 8.00. The smallest absolute Gasteiger partial charge is 0.334 e. The molecule has 0 saturated carbocycles. The van der Waals surface area contributed by atoms with Gasteiger partial charge in [-0.25, -0.2) is 4.79 Å². The molecule has 70 valence electrons. The first-order valence-electron chi connectivity index (χ1n) is 4.07. The number of carbonyl (C=O) groups is 1. The Morgan fingerprint density at radius 3 is 2.67 bits per heavy atom. The molecule has 1 heterocycles. The van der Waals surface area contributed by atoms with Crippen molar-refractivity contribution >= 4 is 17.7 Å². The second-order valence-corrected chi connectivity index (χ2v) is 4.95. The molecule has 0 bridgehead atoms. The van der Waals surface area contributed by atoms with Crippen molar-refractivity contribution in [2.75, 3.05) is 12.3 Å². The molecule has 1 aliphatic rings. The first-order valence-corrected chi connectivity index (χ1v) is 5.12. The van der Waals surface area contributed by atoms with Crippen LogP contribution in [0.15, 0.2) is 0 Å². The van der Waals surface area contributed by atoms with Gasteiger partial charge in [-0.1, -0.05) is 0 Å². The molecule has 0 aromatic heterocycles. The van der Waals surface area contributed by atoms with Gasteiger partial charge in [-0.05, 0) is 20.8 Å². The Balaban J connectivity index is 2.37. The quantitative estimate of drug-likeness (QED) is 0.624. The van der Waals surface area contributed by atoms with Crippen molar-refractivity contribution < 1.29 is 9.53 Å². The molecular formula is C8H15NO2S. The highest BCUT2D eigenvalue weighted by atomic mass is 32.2. The fourth-order valence-corrected chi connectivity index (χ4v) is 1.82. The van der Waals surface area contributed by atoms with E-state index in [4.69, 9.17) is 4.74 Å². The molecular weight excluding hydrogens is 174 g/mol. The molecule has 1 fully saturated rings. The zero-order chi connectivity index (χ0) is 9.19. The van der Waals surface area contributed by atoms with Gasteiger partial charge in [-0.2, -0.15) is 0 Å². The van der Waals surface area contributed by atoms with Crippen molar-refractivity contribution in [3.05, 3.63) is 0 Å². The maximum absolute atomic E-state index is 11.4. The van der Waals surface area contributed by atoms with E-state index in [1.54, 1.807) is 11.8 Å². The van der Waals surface area contributed by atoms with Gasteiger partial charge in [0.25, 0.3) is 0 Å². The predicted molar refractivity (Wildman–Crippen MR) is 50.1 cm³/mol. The Morgan fingerprint density at radius 2 is 2.25 bits per heavy atom. The van der Waals surface area contributed by atoms with E-state index < -0.39 is 0 Å². The Kier molecular flexibility index (Phi) is 3.01. The van der Waals surface area contributed by atoms with Crippen LogP contribution in [0.25, 0.3) is 0 Å². The first-order chi connectivity index (χ1) is 5.49. The zero-order valence-corrected chi connectivity index (χ0v) is 8.53. The summed E-state index contributed by atoms with van der Waals surface area (Å²) in [4.78, 5) is 11.4. The van der Waals surface area contributed by atoms with E-state index in [-0.39, 0.29) is 16.9 Å². The van der Waals surface area contributed by atoms with Crippen LogP contribution < -0.4 is 5.32 Å². The molecule has 0 spiro atoms. The van der Waals surface area contributed by atoms with E-state index in [1.165, 1.54) is 0 Å². The molecule has 1 N–H and O–H groups in total. The van der Waals surface area contributed by atoms with Crippen LogP contribution in [0.4, 0.5) is 0 Å². The standard InChI is InChI=1S/C8H15NO2S/c1-8(2,3)11-7(10)6-9-4-5-12-6/h6,9H,4-5H2,1-3H3. The number of ether oxygens (including phenoxy) is 1. The van der Waals surface area contributed by atoms with Crippen LogP contribution >= 0.6 is 11.8 Å². The van der Waals surface area contributed by atoms with E-state index >= 15 is 0 Å². The van der Waals surface area contributed by atoms with Gasteiger partial charge in [0.2, 0.25) is 0 Å². The number of rotatable bonds is 1. The third-order valence-corrected chi connectivity index (χ3v) is 2.47. The second-order valence-electron chi connectivity index (χ2n) is 3.74. The van der Waals surface area contributed by atoms with Crippen LogP contribution in [0.3, 0.4) is 0 Å². The number of carbonyl (C=O) groups excluding carboxylic acids is 1. The van der Waals surface area contributed by atoms with E-state index in [1.807, 2.05) is 20.8 Å². The summed E-state index contributed by atoms with van der Waals surface area (Å²) in [6.45, 7) is 6.54. The number of hydrogen-bond donors (Lipinski definition) is 1. The lowest BCUT2D eigenvalue weighted by atomic mass is 10.2. The highest BCUT2D eigenvalue weighted by Crippen LogP contribution is 2.18. The minimum atomic E-state index is -0.373. The summed E-state index contributed by atoms with van der Waals surface area (Å²) in [6, 6.07) is 0. The first kappa shape index (κ1) is 9.86. The third kappa shape index (κ3) is 3.03. The van der Waals surface area contributed by atoms with E-state index in [0.29, 0.717) is 0 Å². The van der Waals surface area contributed by atoms with Crippen LogP contribution in [-0.2, 0) is 9.53 Å². The molecule has 1 saturated heterocycles. The lowest BCUT2D eigenvalue weighted by Crippen LogP contribution is -2.35. The fraction of sp³-hybridized carbons (Fsp3) is 0.875. The summed E-state index contributed by atoms with van der Waals surface area (Å²) in [7, 11) is 0. The minimum Gasteiger partial charge on any atom is -0.458 e. The molecule has 0 aromatic rings. The molecule has 0 amide bonds. The summed E-state index contributed by atoms with van der Waals surface area (Å²) < 4.78 is 5.20. The predicted octanol–water partition coefficient (Wildman–Crippen LogP) is 0.991. The molecule has 4 heteroatoms. The van der Waals surface area contributed by atoms with Gasteiger partial charge in [-0.3, -0.25) is 5.32 Å². The van der Waals surface area contributed by atoms with Crippen LogP contribution in [0.1, 0.15) is 20.8 Å². The van der Waals surface area contributed by atoms with Crippen molar-refractivity contribution in [3.63, 3.8) is 0 Å². The second kappa shape index (κ2) is 3.66. The molecule has 1 unspecified atom stereocenters. The SMILES string of the molecule is CC(C)(C)OC(=O)C1NCCS1. The molecule has 0 aromatic carbocycles. The zero-order valence-electron chi connectivity index (χ0n) is 7.72. The molecule has 1 rings (SSSR count). The van der Waals surface area contributed by atoms with Crippen molar-refractivity contribution in [1.29, 1.82) is 0 Å². The molecule has 1 aliphatic heterocycles. The lowest BCUT2D eigenvalue weighted by Gasteiger charge is -2.21. The minimum absolute atomic E-state index is 0.148. The Bertz CT molecular complexity index is 170. The van der Waals surface area contributed by atoms with Crippen molar-refractivity contribution in [3.8, 4) is 0 Å². The summed E-state index contributed by atoms with van der Waals surface area (Å²) in [5.41, 5.74) is -0.373. The third-order valence-electron chi connectivity index (χ3n) is 1.34. The Hall–Kier alpha value is -0.220. The van der Waals surface area contributed by atoms with Gasteiger partial charge >= 0.3 is 5.97 Å². The number of esters is 1. The highest BCUT2D eigenvalue weighted by Gasteiger charge is 2.27. The molecule has 1 atom stereocenters. The van der Waals surface area contributed by atoms with E-state index in [2.05, 4.69) is 5.32 Å². The van der Waals surface area contributed by atoms with Gasteiger partial charge < -0.3 is 4.74 Å². The van der Waals surface area contributed by atoms with Crippen LogP contribution in [0, 0.1) is 0 Å². The summed E-state index contributed by atoms with van der Waals surface area (Å²) in [5, 5.41) is 2.92. The van der Waals surface area contributed by atoms with Crippen LogP contribution in [0.5, 0.6) is 0 Å². The fourth-order valence-electron chi connectivity index (χ4n) is 0.932. The summed E-state index contributed by atoms with van der Waals surface area (Å²) in [6.07, 6.45) is 0. The van der Waals surface area contributed by atoms with Gasteiger partial charge in [0.05, 0.1) is 0 Å². The maximum Gasteiger partial charge on any atom is 0.334 e. The summed E-state index contributed by atoms with van der Waals surface area (Å²) in [5.74, 6) is 0.842. The molecule has 3 nitrogen and oxygen atoms in total. The normalized spacial score (nSPS) is 24.1. The molecule has 12 heavy (non-hydrogen) atoms. The average molecular weight is 189 g/mol. The van der Waals surface area contributed by atoms with Crippen molar-refractivity contribution in [2.24, 2.45) is 0 Å². The Labute approximate surface area is 77.2 Å². The summed E-state index contributed by atoms with van der Waals surface area (Å²) >= 11 is 1.61. The van der Waals surface area contributed by atoms with E-state index in [0.717, 1.165) is 12.3 Å². The molecule has 0 radical (unpaired) electrons. The largest absolute Gasteiger partial charge is 0.458 e. The monoisotopic (exact) mass is 189 g/mol. The lowest BCUT2D eigenvalue weighted by molar-refractivity contribution is -0.154. The number of thioether (sulfide) groups is 1. The average Bonchev–Trinajstić information content (AvgIpc) is 2.32. The van der Waals surface area contributed by atoms with Gasteiger partial charge in [0.15, 0.2) is 5.37 Å². The number of hydrogen-bond acceptors (Lipinski definition) is 4. The molecule has 0 aliphatic carbocycles. The van der Waals surface area contributed by atoms with Crippen LogP contribution in [-0.4, -0.2) is 29.2 Å². The van der Waals surface area contributed by atoms with Crippen molar-refractivity contribution in [1.82, 2.24) is 5.32 Å². The van der Waals surface area contributed by atoms with Gasteiger partial charge in [-0.15, -0.1) is 11.8 Å². The van der Waals surface area contributed by atoms with Gasteiger partial charge in [0.1, 0.15) is 5.60 Å². The van der Waals surface area contributed by atoms with Crippen molar-refractivity contribution in [2.45, 2.75) is 31.7 Å². The topological polar surface area (TPSA) is 38.3 Å².